The van der Waals surface area contributed by atoms with E-state index in [4.69, 9.17) is 4.74 Å². The minimum absolute atomic E-state index is 0.0647. The van der Waals surface area contributed by atoms with Crippen LogP contribution in [0.2, 0.25) is 0 Å². The van der Waals surface area contributed by atoms with Crippen LogP contribution in [0, 0.1) is 5.82 Å². The highest BCUT2D eigenvalue weighted by atomic mass is 32.2. The lowest BCUT2D eigenvalue weighted by Gasteiger charge is -2.28. The lowest BCUT2D eigenvalue weighted by molar-refractivity contribution is 0.214. The molecule has 0 unspecified atom stereocenters. The summed E-state index contributed by atoms with van der Waals surface area (Å²) in [5.74, 6) is -0.578. The van der Waals surface area contributed by atoms with Crippen molar-refractivity contribution in [3.8, 4) is 22.6 Å². The van der Waals surface area contributed by atoms with Gasteiger partial charge in [-0.1, -0.05) is 32.0 Å². The molecule has 4 rings (SSSR count). The van der Waals surface area contributed by atoms with Crippen LogP contribution in [-0.4, -0.2) is 43.0 Å². The Kier molecular flexibility index (Phi) is 6.70. The predicted molar refractivity (Wildman–Crippen MR) is 141 cm³/mol. The van der Waals surface area contributed by atoms with Gasteiger partial charge < -0.3 is 9.84 Å². The molecule has 0 radical (unpaired) electrons. The number of methoxy groups -OCH3 is 1. The molecule has 0 aliphatic rings. The average Bonchev–Trinajstić information content (AvgIpc) is 2.82. The van der Waals surface area contributed by atoms with Crippen LogP contribution in [0.5, 0.6) is 5.75 Å². The van der Waals surface area contributed by atoms with E-state index in [1.54, 1.807) is 50.2 Å². The van der Waals surface area contributed by atoms with E-state index in [1.165, 1.54) is 19.4 Å². The number of anilines is 1. The molecular weight excluding hydrogens is 501 g/mol. The van der Waals surface area contributed by atoms with Crippen molar-refractivity contribution in [1.82, 2.24) is 9.55 Å². The number of benzene rings is 3. The Balaban J connectivity index is 2.02. The number of nitrogens with zero attached hydrogens (tertiary/aromatic N) is 1. The highest BCUT2D eigenvalue weighted by Gasteiger charge is 2.30. The van der Waals surface area contributed by atoms with E-state index >= 15 is 4.39 Å². The van der Waals surface area contributed by atoms with Gasteiger partial charge in [0.2, 0.25) is 10.0 Å². The van der Waals surface area contributed by atoms with Crippen LogP contribution < -0.4 is 20.7 Å². The molecule has 1 heterocycles. The third-order valence-corrected chi connectivity index (χ3v) is 6.65. The van der Waals surface area contributed by atoms with Crippen molar-refractivity contribution in [2.75, 3.05) is 24.7 Å². The lowest BCUT2D eigenvalue weighted by atomic mass is 9.82. The van der Waals surface area contributed by atoms with E-state index in [0.29, 0.717) is 27.6 Å². The van der Waals surface area contributed by atoms with Gasteiger partial charge in [-0.2, -0.15) is 0 Å². The molecule has 0 fully saturated rings. The van der Waals surface area contributed by atoms with Crippen molar-refractivity contribution in [3.05, 3.63) is 86.9 Å². The summed E-state index contributed by atoms with van der Waals surface area (Å²) in [4.78, 5) is 26.3. The normalized spacial score (nSPS) is 12.1. The molecule has 9 nitrogen and oxygen atoms in total. The van der Waals surface area contributed by atoms with Gasteiger partial charge in [-0.05, 0) is 40.6 Å². The van der Waals surface area contributed by atoms with Crippen LogP contribution in [0.3, 0.4) is 0 Å². The fourth-order valence-corrected chi connectivity index (χ4v) is 4.70. The molecule has 0 aliphatic carbocycles. The van der Waals surface area contributed by atoms with Crippen molar-refractivity contribution in [1.29, 1.82) is 0 Å². The molecule has 0 saturated carbocycles. The number of aromatic amines is 1. The van der Waals surface area contributed by atoms with Crippen molar-refractivity contribution in [2.45, 2.75) is 19.3 Å². The van der Waals surface area contributed by atoms with Crippen LogP contribution in [-0.2, 0) is 15.4 Å². The van der Waals surface area contributed by atoms with Gasteiger partial charge in [-0.15, -0.1) is 0 Å². The first-order valence-corrected chi connectivity index (χ1v) is 13.1. The van der Waals surface area contributed by atoms with Crippen molar-refractivity contribution >= 4 is 26.5 Å². The van der Waals surface area contributed by atoms with E-state index in [0.717, 1.165) is 16.9 Å². The quantitative estimate of drug-likeness (QED) is 0.339. The summed E-state index contributed by atoms with van der Waals surface area (Å²) in [7, 11) is -2.06. The van der Waals surface area contributed by atoms with Crippen LogP contribution in [0.25, 0.3) is 27.6 Å². The highest BCUT2D eigenvalue weighted by Crippen LogP contribution is 2.44. The summed E-state index contributed by atoms with van der Waals surface area (Å²) in [5, 5.41) is 11.5. The lowest BCUT2D eigenvalue weighted by Crippen LogP contribution is -2.29. The van der Waals surface area contributed by atoms with Crippen molar-refractivity contribution < 1.29 is 22.7 Å². The van der Waals surface area contributed by atoms with Crippen molar-refractivity contribution in [3.63, 3.8) is 0 Å². The number of H-pyrrole nitrogens is 1. The molecule has 0 saturated heterocycles. The number of aromatic nitrogens is 2. The predicted octanol–water partition coefficient (Wildman–Crippen LogP) is 3.14. The molecule has 4 aromatic rings. The smallest absolute Gasteiger partial charge is 0.333 e. The molecular formula is C26H26FN3O6S. The molecule has 194 valence electrons. The number of fused-ring (bicyclic) bond motifs is 1. The standard InChI is InChI=1S/C26H26FN3O6S/c1-26(2,14-31)19-13-20(30-10-9-21(32)28-25(30)33)23(27)22(24(19)36-3)17-6-5-16-12-18(29-37(4,34)35)8-7-15(16)11-17/h5-13,29,31H,14H2,1-4H3,(H,28,32,33). The van der Waals surface area contributed by atoms with Gasteiger partial charge in [0, 0.05) is 28.9 Å². The van der Waals surface area contributed by atoms with Gasteiger partial charge in [0.05, 0.1) is 31.2 Å². The summed E-state index contributed by atoms with van der Waals surface area (Å²) in [6.07, 6.45) is 2.24. The monoisotopic (exact) mass is 527 g/mol. The minimum Gasteiger partial charge on any atom is -0.496 e. The van der Waals surface area contributed by atoms with E-state index < -0.39 is 32.5 Å². The van der Waals surface area contributed by atoms with E-state index in [9.17, 15) is 23.1 Å². The van der Waals surface area contributed by atoms with E-state index in [2.05, 4.69) is 9.71 Å². The Hall–Kier alpha value is -3.96. The van der Waals surface area contributed by atoms with Gasteiger partial charge in [-0.25, -0.2) is 17.6 Å². The summed E-state index contributed by atoms with van der Waals surface area (Å²) in [6, 6.07) is 12.6. The molecule has 37 heavy (non-hydrogen) atoms. The van der Waals surface area contributed by atoms with Gasteiger partial charge in [-0.3, -0.25) is 19.1 Å². The zero-order valence-corrected chi connectivity index (χ0v) is 21.4. The molecule has 3 aromatic carbocycles. The van der Waals surface area contributed by atoms with Crippen LogP contribution >= 0.6 is 0 Å². The molecule has 11 heteroatoms. The van der Waals surface area contributed by atoms with Gasteiger partial charge in [0.1, 0.15) is 5.75 Å². The Morgan fingerprint density at radius 2 is 1.76 bits per heavy atom. The first kappa shape index (κ1) is 26.1. The summed E-state index contributed by atoms with van der Waals surface area (Å²) < 4.78 is 48.5. The number of ether oxygens (including phenoxy) is 1. The van der Waals surface area contributed by atoms with Gasteiger partial charge in [0.15, 0.2) is 5.82 Å². The first-order chi connectivity index (χ1) is 17.3. The summed E-state index contributed by atoms with van der Waals surface area (Å²) in [5.41, 5.74) is -1.11. The maximum atomic E-state index is 16.2. The number of sulfonamides is 1. The maximum Gasteiger partial charge on any atom is 0.333 e. The SMILES string of the molecule is COc1c(C(C)(C)CO)cc(-n2ccc(=O)[nH]c2=O)c(F)c1-c1ccc2cc(NS(C)(=O)=O)ccc2c1. The van der Waals surface area contributed by atoms with Crippen LogP contribution in [0.1, 0.15) is 19.4 Å². The molecule has 1 aromatic heterocycles. The number of hydrogen-bond acceptors (Lipinski definition) is 6. The third kappa shape index (κ3) is 5.13. The van der Waals surface area contributed by atoms with Crippen LogP contribution in [0.4, 0.5) is 10.1 Å². The maximum absolute atomic E-state index is 16.2. The second kappa shape index (κ2) is 9.49. The summed E-state index contributed by atoms with van der Waals surface area (Å²) in [6.45, 7) is 3.22. The zero-order chi connectivity index (χ0) is 27.1. The largest absolute Gasteiger partial charge is 0.496 e. The minimum atomic E-state index is -3.46. The Morgan fingerprint density at radius 1 is 1.08 bits per heavy atom. The molecule has 3 N–H and O–H groups in total. The molecule has 0 aliphatic heterocycles. The molecule has 0 bridgehead atoms. The Morgan fingerprint density at radius 3 is 2.38 bits per heavy atom. The number of hydrogen-bond donors (Lipinski definition) is 3. The fraction of sp³-hybridized carbons (Fsp3) is 0.231. The topological polar surface area (TPSA) is 130 Å². The zero-order valence-electron chi connectivity index (χ0n) is 20.6. The number of rotatable bonds is 7. The fourth-order valence-electron chi connectivity index (χ4n) is 4.15. The van der Waals surface area contributed by atoms with Gasteiger partial charge in [0.25, 0.3) is 5.56 Å². The van der Waals surface area contributed by atoms with Crippen molar-refractivity contribution in [2.24, 2.45) is 0 Å². The third-order valence-electron chi connectivity index (χ3n) is 6.04. The van der Waals surface area contributed by atoms with Crippen LogP contribution in [0.15, 0.2) is 64.3 Å². The molecule has 0 amide bonds. The Bertz CT molecular complexity index is 1740. The Labute approximate surface area is 212 Å². The second-order valence-corrected chi connectivity index (χ2v) is 11.1. The number of aliphatic hydroxyl groups is 1. The summed E-state index contributed by atoms with van der Waals surface area (Å²) >= 11 is 0. The number of nitrogens with one attached hydrogen (secondary N) is 2. The molecule has 0 spiro atoms. The number of aliphatic hydroxyl groups excluding tert-OH is 1. The first-order valence-electron chi connectivity index (χ1n) is 11.2. The van der Waals surface area contributed by atoms with Gasteiger partial charge >= 0.3 is 5.69 Å². The second-order valence-electron chi connectivity index (χ2n) is 9.34. The van der Waals surface area contributed by atoms with E-state index in [1.807, 2.05) is 0 Å². The number of halogens is 1. The molecule has 0 atom stereocenters. The average molecular weight is 528 g/mol. The van der Waals surface area contributed by atoms with E-state index in [-0.39, 0.29) is 23.6 Å². The highest BCUT2D eigenvalue weighted by molar-refractivity contribution is 7.92.